The van der Waals surface area contributed by atoms with E-state index in [1.165, 1.54) is 6.42 Å². The maximum atomic E-state index is 10.1. The summed E-state index contributed by atoms with van der Waals surface area (Å²) in [6.45, 7) is 7.72. The van der Waals surface area contributed by atoms with Crippen LogP contribution in [0.15, 0.2) is 24.3 Å². The number of piperidine rings is 1. The second-order valence-corrected chi connectivity index (χ2v) is 6.30. The van der Waals surface area contributed by atoms with Crippen LogP contribution in [0, 0.1) is 11.8 Å². The van der Waals surface area contributed by atoms with Crippen LogP contribution in [0.25, 0.3) is 0 Å². The number of methoxy groups -OCH3 is 1. The molecule has 1 heterocycles. The van der Waals surface area contributed by atoms with Gasteiger partial charge in [0.05, 0.1) is 7.11 Å². The number of rotatable bonds is 6. The average Bonchev–Trinajstić information content (AvgIpc) is 2.44. The van der Waals surface area contributed by atoms with E-state index in [1.807, 2.05) is 24.3 Å². The Bertz CT molecular complexity index is 411. The van der Waals surface area contributed by atoms with Crippen molar-refractivity contribution < 1.29 is 14.6 Å². The predicted molar refractivity (Wildman–Crippen MR) is 83.9 cm³/mol. The van der Waals surface area contributed by atoms with E-state index < -0.39 is 6.10 Å². The summed E-state index contributed by atoms with van der Waals surface area (Å²) in [7, 11) is 1.64. The molecule has 21 heavy (non-hydrogen) atoms. The summed E-state index contributed by atoms with van der Waals surface area (Å²) in [6, 6.07) is 7.43. The van der Waals surface area contributed by atoms with Gasteiger partial charge in [0.15, 0.2) is 0 Å². The number of β-amino-alcohol motifs (C(OH)–C–C–N with tert-alkyl or cyclic N) is 1. The third-order valence-electron chi connectivity index (χ3n) is 3.92. The predicted octanol–water partition coefficient (Wildman–Crippen LogP) is 2.41. The highest BCUT2D eigenvalue weighted by Crippen LogP contribution is 2.21. The van der Waals surface area contributed by atoms with Crippen molar-refractivity contribution in [3.05, 3.63) is 24.3 Å². The SMILES string of the molecule is COc1ccc(OC[C@@H](O)CN2C[C@H](C)C[C@@H](C)C2)cc1. The number of nitrogens with zero attached hydrogens (tertiary/aromatic N) is 1. The van der Waals surface area contributed by atoms with E-state index >= 15 is 0 Å². The van der Waals surface area contributed by atoms with Crippen molar-refractivity contribution in [2.24, 2.45) is 11.8 Å². The Morgan fingerprint density at radius 3 is 2.29 bits per heavy atom. The monoisotopic (exact) mass is 293 g/mol. The summed E-state index contributed by atoms with van der Waals surface area (Å²) < 4.78 is 10.7. The van der Waals surface area contributed by atoms with Gasteiger partial charge in [-0.15, -0.1) is 0 Å². The topological polar surface area (TPSA) is 41.9 Å². The largest absolute Gasteiger partial charge is 0.497 e. The van der Waals surface area contributed by atoms with E-state index in [9.17, 15) is 5.11 Å². The molecular weight excluding hydrogens is 266 g/mol. The molecule has 1 aliphatic heterocycles. The third-order valence-corrected chi connectivity index (χ3v) is 3.92. The normalized spacial score (nSPS) is 24.6. The first-order valence-corrected chi connectivity index (χ1v) is 7.74. The van der Waals surface area contributed by atoms with E-state index in [2.05, 4.69) is 18.7 Å². The van der Waals surface area contributed by atoms with Crippen LogP contribution in [0.3, 0.4) is 0 Å². The van der Waals surface area contributed by atoms with Gasteiger partial charge in [0.25, 0.3) is 0 Å². The molecule has 4 nitrogen and oxygen atoms in total. The fraction of sp³-hybridized carbons (Fsp3) is 0.647. The molecule has 0 saturated carbocycles. The fourth-order valence-electron chi connectivity index (χ4n) is 3.16. The minimum atomic E-state index is -0.454. The van der Waals surface area contributed by atoms with Crippen molar-refractivity contribution in [2.75, 3.05) is 33.4 Å². The smallest absolute Gasteiger partial charge is 0.119 e. The van der Waals surface area contributed by atoms with Gasteiger partial charge >= 0.3 is 0 Å². The van der Waals surface area contributed by atoms with Gasteiger partial charge in [-0.2, -0.15) is 0 Å². The molecule has 0 radical (unpaired) electrons. The fourth-order valence-corrected chi connectivity index (χ4v) is 3.16. The number of likely N-dealkylation sites (tertiary alicyclic amines) is 1. The number of benzene rings is 1. The molecule has 0 unspecified atom stereocenters. The number of ether oxygens (including phenoxy) is 2. The summed E-state index contributed by atoms with van der Waals surface area (Å²) in [5, 5.41) is 10.1. The molecular formula is C17H27NO3. The van der Waals surface area contributed by atoms with Crippen molar-refractivity contribution in [1.82, 2.24) is 4.90 Å². The summed E-state index contributed by atoms with van der Waals surface area (Å²) >= 11 is 0. The van der Waals surface area contributed by atoms with Crippen LogP contribution in [-0.2, 0) is 0 Å². The van der Waals surface area contributed by atoms with Crippen molar-refractivity contribution in [3.8, 4) is 11.5 Å². The zero-order valence-electron chi connectivity index (χ0n) is 13.3. The first-order chi connectivity index (χ1) is 10.1. The molecule has 1 aromatic carbocycles. The second kappa shape index (κ2) is 7.66. The molecule has 2 rings (SSSR count). The summed E-state index contributed by atoms with van der Waals surface area (Å²) in [4.78, 5) is 2.35. The summed E-state index contributed by atoms with van der Waals surface area (Å²) in [6.07, 6.45) is 0.833. The molecule has 1 aliphatic rings. The van der Waals surface area contributed by atoms with E-state index in [0.717, 1.165) is 24.6 Å². The highest BCUT2D eigenvalue weighted by atomic mass is 16.5. The minimum absolute atomic E-state index is 0.325. The van der Waals surface area contributed by atoms with Crippen LogP contribution in [-0.4, -0.2) is 49.5 Å². The van der Waals surface area contributed by atoms with E-state index in [-0.39, 0.29) is 0 Å². The lowest BCUT2D eigenvalue weighted by atomic mass is 9.92. The minimum Gasteiger partial charge on any atom is -0.497 e. The lowest BCUT2D eigenvalue weighted by Crippen LogP contribution is -2.43. The molecule has 1 fully saturated rings. The lowest BCUT2D eigenvalue weighted by Gasteiger charge is -2.35. The van der Waals surface area contributed by atoms with E-state index in [1.54, 1.807) is 7.11 Å². The van der Waals surface area contributed by atoms with Gasteiger partial charge in [0.2, 0.25) is 0 Å². The van der Waals surface area contributed by atoms with Crippen molar-refractivity contribution in [1.29, 1.82) is 0 Å². The lowest BCUT2D eigenvalue weighted by molar-refractivity contribution is 0.0429. The van der Waals surface area contributed by atoms with Gasteiger partial charge < -0.3 is 19.5 Å². The zero-order chi connectivity index (χ0) is 15.2. The van der Waals surface area contributed by atoms with Crippen molar-refractivity contribution >= 4 is 0 Å². The van der Waals surface area contributed by atoms with Gasteiger partial charge in [-0.05, 0) is 42.5 Å². The van der Waals surface area contributed by atoms with Crippen LogP contribution in [0.2, 0.25) is 0 Å². The Morgan fingerprint density at radius 2 is 1.71 bits per heavy atom. The van der Waals surface area contributed by atoms with Gasteiger partial charge in [0.1, 0.15) is 24.2 Å². The Balaban J connectivity index is 1.74. The van der Waals surface area contributed by atoms with Gasteiger partial charge in [0, 0.05) is 19.6 Å². The average molecular weight is 293 g/mol. The number of hydrogen-bond donors (Lipinski definition) is 1. The number of aliphatic hydroxyl groups excluding tert-OH is 1. The summed E-state index contributed by atoms with van der Waals surface area (Å²) in [5.74, 6) is 2.99. The Morgan fingerprint density at radius 1 is 1.14 bits per heavy atom. The molecule has 0 spiro atoms. The standard InChI is InChI=1S/C17H27NO3/c1-13-8-14(2)10-18(9-13)11-15(19)12-21-17-6-4-16(20-3)5-7-17/h4-7,13-15,19H,8-12H2,1-3H3/t13-,14-,15+/m1/s1. The van der Waals surface area contributed by atoms with Crippen LogP contribution in [0.5, 0.6) is 11.5 Å². The van der Waals surface area contributed by atoms with Crippen LogP contribution < -0.4 is 9.47 Å². The van der Waals surface area contributed by atoms with Crippen molar-refractivity contribution in [3.63, 3.8) is 0 Å². The maximum Gasteiger partial charge on any atom is 0.119 e. The molecule has 1 saturated heterocycles. The van der Waals surface area contributed by atoms with Gasteiger partial charge in [-0.1, -0.05) is 13.8 Å². The number of aliphatic hydroxyl groups is 1. The molecule has 0 aromatic heterocycles. The molecule has 4 heteroatoms. The van der Waals surface area contributed by atoms with Crippen LogP contribution in [0.4, 0.5) is 0 Å². The molecule has 1 aromatic rings. The van der Waals surface area contributed by atoms with E-state index in [0.29, 0.717) is 25.0 Å². The quantitative estimate of drug-likeness (QED) is 0.874. The molecule has 0 aliphatic carbocycles. The first kappa shape index (κ1) is 16.1. The second-order valence-electron chi connectivity index (χ2n) is 6.30. The van der Waals surface area contributed by atoms with E-state index in [4.69, 9.17) is 9.47 Å². The summed E-state index contributed by atoms with van der Waals surface area (Å²) in [5.41, 5.74) is 0. The Hall–Kier alpha value is -1.26. The number of hydrogen-bond acceptors (Lipinski definition) is 4. The highest BCUT2D eigenvalue weighted by molar-refractivity contribution is 5.31. The Kier molecular flexibility index (Phi) is 5.88. The van der Waals surface area contributed by atoms with Gasteiger partial charge in [-0.25, -0.2) is 0 Å². The maximum absolute atomic E-state index is 10.1. The highest BCUT2D eigenvalue weighted by Gasteiger charge is 2.23. The third kappa shape index (κ3) is 5.21. The zero-order valence-corrected chi connectivity index (χ0v) is 13.3. The van der Waals surface area contributed by atoms with Gasteiger partial charge in [-0.3, -0.25) is 0 Å². The van der Waals surface area contributed by atoms with Crippen molar-refractivity contribution in [2.45, 2.75) is 26.4 Å². The molecule has 0 amide bonds. The van der Waals surface area contributed by atoms with Crippen LogP contribution >= 0.6 is 0 Å². The molecule has 118 valence electrons. The first-order valence-electron chi connectivity index (χ1n) is 7.74. The molecule has 0 bridgehead atoms. The molecule has 1 N–H and O–H groups in total. The van der Waals surface area contributed by atoms with Crippen LogP contribution in [0.1, 0.15) is 20.3 Å². The molecule has 3 atom stereocenters. The Labute approximate surface area is 127 Å².